The van der Waals surface area contributed by atoms with Gasteiger partial charge >= 0.3 is 0 Å². The highest BCUT2D eigenvalue weighted by atomic mass is 32.1. The van der Waals surface area contributed by atoms with E-state index in [0.29, 0.717) is 5.01 Å². The van der Waals surface area contributed by atoms with Gasteiger partial charge in [0.25, 0.3) is 5.91 Å². The predicted molar refractivity (Wildman–Crippen MR) is 60.9 cm³/mol. The van der Waals surface area contributed by atoms with Crippen molar-refractivity contribution >= 4 is 33.4 Å². The van der Waals surface area contributed by atoms with Gasteiger partial charge in [-0.05, 0) is 12.1 Å². The van der Waals surface area contributed by atoms with Crippen molar-refractivity contribution in [1.29, 1.82) is 0 Å². The van der Waals surface area contributed by atoms with Gasteiger partial charge in [0, 0.05) is 6.92 Å². The van der Waals surface area contributed by atoms with Gasteiger partial charge in [0.2, 0.25) is 5.91 Å². The normalized spacial score (nSPS) is 10.1. The number of hydrogen-bond acceptors (Lipinski definition) is 4. The molecule has 1 aromatic heterocycles. The van der Waals surface area contributed by atoms with Crippen LogP contribution in [0.3, 0.4) is 0 Å². The van der Waals surface area contributed by atoms with Gasteiger partial charge in [-0.1, -0.05) is 12.1 Å². The van der Waals surface area contributed by atoms with E-state index < -0.39 is 5.91 Å². The monoisotopic (exact) mass is 235 g/mol. The summed E-state index contributed by atoms with van der Waals surface area (Å²) < 4.78 is 0.940. The first kappa shape index (κ1) is 10.6. The van der Waals surface area contributed by atoms with Gasteiger partial charge in [-0.3, -0.25) is 20.4 Å². The molecule has 5 nitrogen and oxygen atoms in total. The molecular weight excluding hydrogens is 226 g/mol. The summed E-state index contributed by atoms with van der Waals surface area (Å²) in [6, 6.07) is 7.47. The SMILES string of the molecule is CC(=O)NNC(=O)c1nc2ccccc2s1. The molecule has 2 aromatic rings. The Labute approximate surface area is 95.5 Å². The maximum absolute atomic E-state index is 11.5. The van der Waals surface area contributed by atoms with Gasteiger partial charge < -0.3 is 0 Å². The zero-order valence-corrected chi connectivity index (χ0v) is 9.30. The van der Waals surface area contributed by atoms with Crippen LogP contribution in [0, 0.1) is 0 Å². The molecule has 0 saturated heterocycles. The molecular formula is C10H9N3O2S. The Morgan fingerprint density at radius 2 is 2.00 bits per heavy atom. The molecule has 2 rings (SSSR count). The smallest absolute Gasteiger partial charge is 0.274 e. The van der Waals surface area contributed by atoms with Crippen molar-refractivity contribution in [2.45, 2.75) is 6.92 Å². The quantitative estimate of drug-likeness (QED) is 0.726. The van der Waals surface area contributed by atoms with Crippen molar-refractivity contribution in [2.75, 3.05) is 0 Å². The van der Waals surface area contributed by atoms with Crippen LogP contribution in [0.5, 0.6) is 0 Å². The Morgan fingerprint density at radius 3 is 2.69 bits per heavy atom. The zero-order valence-electron chi connectivity index (χ0n) is 8.48. The van der Waals surface area contributed by atoms with E-state index >= 15 is 0 Å². The molecule has 82 valence electrons. The lowest BCUT2D eigenvalue weighted by atomic mass is 10.3. The molecule has 0 fully saturated rings. The van der Waals surface area contributed by atoms with Gasteiger partial charge in [0.15, 0.2) is 5.01 Å². The summed E-state index contributed by atoms with van der Waals surface area (Å²) in [5, 5.41) is 0.329. The average Bonchev–Trinajstić information content (AvgIpc) is 2.69. The molecule has 0 radical (unpaired) electrons. The van der Waals surface area contributed by atoms with Crippen molar-refractivity contribution in [1.82, 2.24) is 15.8 Å². The number of amides is 2. The number of carbonyl (C=O) groups is 2. The molecule has 0 atom stereocenters. The van der Waals surface area contributed by atoms with Crippen LogP contribution in [0.1, 0.15) is 16.7 Å². The van der Waals surface area contributed by atoms with Gasteiger partial charge in [0.05, 0.1) is 10.2 Å². The van der Waals surface area contributed by atoms with Crippen molar-refractivity contribution in [2.24, 2.45) is 0 Å². The number of carbonyl (C=O) groups excluding carboxylic acids is 2. The summed E-state index contributed by atoms with van der Waals surface area (Å²) in [6.45, 7) is 1.32. The molecule has 1 aromatic carbocycles. The minimum absolute atomic E-state index is 0.325. The van der Waals surface area contributed by atoms with E-state index in [2.05, 4.69) is 15.8 Å². The highest BCUT2D eigenvalue weighted by molar-refractivity contribution is 7.20. The standard InChI is InChI=1S/C10H9N3O2S/c1-6(14)12-13-9(15)10-11-7-4-2-3-5-8(7)16-10/h2-5H,1H3,(H,12,14)(H,13,15). The first-order valence-corrected chi connectivity index (χ1v) is 5.41. The second-order valence-corrected chi connectivity index (χ2v) is 4.15. The number of rotatable bonds is 1. The van der Waals surface area contributed by atoms with E-state index in [0.717, 1.165) is 10.2 Å². The lowest BCUT2D eigenvalue weighted by molar-refractivity contribution is -0.119. The van der Waals surface area contributed by atoms with Crippen molar-refractivity contribution in [3.05, 3.63) is 29.3 Å². The van der Waals surface area contributed by atoms with Crippen molar-refractivity contribution in [3.8, 4) is 0 Å². The molecule has 0 unspecified atom stereocenters. The predicted octanol–water partition coefficient (Wildman–Crippen LogP) is 1.08. The van der Waals surface area contributed by atoms with Crippen LogP contribution >= 0.6 is 11.3 Å². The van der Waals surface area contributed by atoms with Gasteiger partial charge in [-0.25, -0.2) is 4.98 Å². The van der Waals surface area contributed by atoms with Crippen LogP contribution in [0.4, 0.5) is 0 Å². The molecule has 0 aliphatic heterocycles. The zero-order chi connectivity index (χ0) is 11.5. The lowest BCUT2D eigenvalue weighted by Crippen LogP contribution is -2.40. The van der Waals surface area contributed by atoms with E-state index in [4.69, 9.17) is 0 Å². The number of fused-ring (bicyclic) bond motifs is 1. The average molecular weight is 235 g/mol. The van der Waals surface area contributed by atoms with E-state index in [1.165, 1.54) is 18.3 Å². The minimum Gasteiger partial charge on any atom is -0.274 e. The third kappa shape index (κ3) is 2.17. The van der Waals surface area contributed by atoms with Crippen LogP contribution in [0.25, 0.3) is 10.2 Å². The van der Waals surface area contributed by atoms with Crippen LogP contribution in [0.15, 0.2) is 24.3 Å². The Bertz CT molecular complexity index is 517. The van der Waals surface area contributed by atoms with Gasteiger partial charge in [-0.2, -0.15) is 0 Å². The van der Waals surface area contributed by atoms with Gasteiger partial charge in [0.1, 0.15) is 0 Å². The summed E-state index contributed by atoms with van der Waals surface area (Å²) in [6.07, 6.45) is 0. The van der Waals surface area contributed by atoms with Crippen LogP contribution in [0.2, 0.25) is 0 Å². The largest absolute Gasteiger partial charge is 0.298 e. The molecule has 16 heavy (non-hydrogen) atoms. The Morgan fingerprint density at radius 1 is 1.25 bits per heavy atom. The Balaban J connectivity index is 2.20. The highest BCUT2D eigenvalue weighted by Crippen LogP contribution is 2.20. The lowest BCUT2D eigenvalue weighted by Gasteiger charge is -2.00. The fraction of sp³-hybridized carbons (Fsp3) is 0.100. The Hall–Kier alpha value is -1.95. The van der Waals surface area contributed by atoms with E-state index in [1.807, 2.05) is 24.3 Å². The number of thiazole rings is 1. The molecule has 0 aliphatic rings. The topological polar surface area (TPSA) is 71.1 Å². The first-order chi connectivity index (χ1) is 7.66. The molecule has 2 N–H and O–H groups in total. The maximum Gasteiger partial charge on any atom is 0.298 e. The Kier molecular flexibility index (Phi) is 2.82. The molecule has 6 heteroatoms. The van der Waals surface area contributed by atoms with E-state index in [9.17, 15) is 9.59 Å². The maximum atomic E-state index is 11.5. The number of hydrazine groups is 1. The number of para-hydroxylation sites is 1. The van der Waals surface area contributed by atoms with E-state index in [1.54, 1.807) is 0 Å². The number of benzene rings is 1. The summed E-state index contributed by atoms with van der Waals surface area (Å²) in [5.41, 5.74) is 5.26. The minimum atomic E-state index is -0.406. The molecule has 1 heterocycles. The molecule has 0 saturated carbocycles. The summed E-state index contributed by atoms with van der Waals surface area (Å²) in [5.74, 6) is -0.731. The summed E-state index contributed by atoms with van der Waals surface area (Å²) in [7, 11) is 0. The fourth-order valence-corrected chi connectivity index (χ4v) is 2.03. The fourth-order valence-electron chi connectivity index (χ4n) is 1.17. The molecule has 0 spiro atoms. The van der Waals surface area contributed by atoms with Crippen molar-refractivity contribution < 1.29 is 9.59 Å². The summed E-state index contributed by atoms with van der Waals surface area (Å²) in [4.78, 5) is 26.3. The summed E-state index contributed by atoms with van der Waals surface area (Å²) >= 11 is 1.28. The number of nitrogens with one attached hydrogen (secondary N) is 2. The van der Waals surface area contributed by atoms with Crippen LogP contribution in [-0.4, -0.2) is 16.8 Å². The molecule has 2 amide bonds. The van der Waals surface area contributed by atoms with Gasteiger partial charge in [-0.15, -0.1) is 11.3 Å². The third-order valence-corrected chi connectivity index (χ3v) is 2.88. The van der Waals surface area contributed by atoms with Crippen molar-refractivity contribution in [3.63, 3.8) is 0 Å². The van der Waals surface area contributed by atoms with Crippen LogP contribution < -0.4 is 10.9 Å². The second-order valence-electron chi connectivity index (χ2n) is 3.12. The number of aromatic nitrogens is 1. The second kappa shape index (κ2) is 4.28. The highest BCUT2D eigenvalue weighted by Gasteiger charge is 2.11. The molecule has 0 bridgehead atoms. The van der Waals surface area contributed by atoms with Crippen LogP contribution in [-0.2, 0) is 4.79 Å². The van der Waals surface area contributed by atoms with E-state index in [-0.39, 0.29) is 5.91 Å². The number of nitrogens with zero attached hydrogens (tertiary/aromatic N) is 1. The first-order valence-electron chi connectivity index (χ1n) is 4.59. The third-order valence-electron chi connectivity index (χ3n) is 1.84. The number of hydrogen-bond donors (Lipinski definition) is 2. The molecule has 0 aliphatic carbocycles.